The van der Waals surface area contributed by atoms with Crippen LogP contribution in [0.15, 0.2) is 30.3 Å². The molecule has 74 valence electrons. The summed E-state index contributed by atoms with van der Waals surface area (Å²) in [6, 6.07) is 9.33. The Labute approximate surface area is 92.7 Å². The zero-order chi connectivity index (χ0) is 9.40. The molecule has 0 saturated carbocycles. The number of aliphatic carboxylic acids is 1. The van der Waals surface area contributed by atoms with Gasteiger partial charge in [0.25, 0.3) is 0 Å². The molecule has 0 radical (unpaired) electrons. The fraction of sp³-hybridized carbons (Fsp3) is 0.125. The van der Waals surface area contributed by atoms with Gasteiger partial charge in [0, 0.05) is 5.97 Å². The van der Waals surface area contributed by atoms with Crippen molar-refractivity contribution in [3.63, 3.8) is 0 Å². The zero-order valence-electron chi connectivity index (χ0n) is 6.93. The van der Waals surface area contributed by atoms with Crippen LogP contribution in [0, 0.1) is 0 Å². The molecule has 1 unspecified atom stereocenters. The SMILES string of the molecule is CC(=O)[O-].[O-]Pc1ccccc1.[Pd+2]. The van der Waals surface area contributed by atoms with E-state index >= 15 is 0 Å². The summed E-state index contributed by atoms with van der Waals surface area (Å²) < 4.78 is 0. The van der Waals surface area contributed by atoms with Crippen LogP contribution in [0.4, 0.5) is 0 Å². The largest absolute Gasteiger partial charge is 2.00 e. The molecule has 5 heteroatoms. The second kappa shape index (κ2) is 9.83. The van der Waals surface area contributed by atoms with Crippen molar-refractivity contribution in [3.05, 3.63) is 30.3 Å². The molecule has 0 N–H and O–H groups in total. The van der Waals surface area contributed by atoms with Gasteiger partial charge in [-0.1, -0.05) is 30.3 Å². The van der Waals surface area contributed by atoms with Crippen LogP contribution in [0.5, 0.6) is 0 Å². The molecule has 0 spiro atoms. The molecule has 1 aromatic rings. The monoisotopic (exact) mass is 290 g/mol. The minimum absolute atomic E-state index is 0. The number of hydrogen-bond donors (Lipinski definition) is 0. The Balaban J connectivity index is 0. The molecule has 1 aromatic carbocycles. The molecule has 0 aromatic heterocycles. The Bertz CT molecular complexity index is 224. The maximum absolute atomic E-state index is 10.2. The molecule has 13 heavy (non-hydrogen) atoms. The Morgan fingerprint density at radius 2 is 1.69 bits per heavy atom. The first-order valence-electron chi connectivity index (χ1n) is 3.27. The van der Waals surface area contributed by atoms with E-state index in [1.807, 2.05) is 30.3 Å². The number of carbonyl (C=O) groups is 1. The summed E-state index contributed by atoms with van der Waals surface area (Å²) in [6.45, 7) is 0.972. The van der Waals surface area contributed by atoms with Gasteiger partial charge in [0.2, 0.25) is 0 Å². The van der Waals surface area contributed by atoms with Crippen molar-refractivity contribution in [2.45, 2.75) is 6.92 Å². The Morgan fingerprint density at radius 3 is 1.92 bits per heavy atom. The van der Waals surface area contributed by atoms with Crippen LogP contribution in [0.3, 0.4) is 0 Å². The normalized spacial score (nSPS) is 8.46. The molecule has 0 saturated heterocycles. The first-order valence-corrected chi connectivity index (χ1v) is 4.18. The van der Waals surface area contributed by atoms with Crippen LogP contribution in [0.25, 0.3) is 0 Å². The average Bonchev–Trinajstić information content (AvgIpc) is 2.05. The van der Waals surface area contributed by atoms with E-state index in [1.54, 1.807) is 0 Å². The first-order chi connectivity index (χ1) is 5.66. The van der Waals surface area contributed by atoms with Crippen molar-refractivity contribution in [2.75, 3.05) is 0 Å². The Kier molecular flexibility index (Phi) is 11.5. The van der Waals surface area contributed by atoms with Gasteiger partial charge in [0.15, 0.2) is 0 Å². The molecule has 3 nitrogen and oxygen atoms in total. The second-order valence-electron chi connectivity index (χ2n) is 1.96. The van der Waals surface area contributed by atoms with Crippen LogP contribution in [-0.2, 0) is 25.2 Å². The van der Waals surface area contributed by atoms with Crippen LogP contribution < -0.4 is 15.3 Å². The van der Waals surface area contributed by atoms with E-state index in [4.69, 9.17) is 9.90 Å². The van der Waals surface area contributed by atoms with E-state index in [9.17, 15) is 4.89 Å². The van der Waals surface area contributed by atoms with Crippen molar-refractivity contribution in [1.82, 2.24) is 0 Å². The molecule has 0 fully saturated rings. The van der Waals surface area contributed by atoms with Gasteiger partial charge in [-0.15, -0.1) is 0 Å². The number of hydrogen-bond acceptors (Lipinski definition) is 3. The Morgan fingerprint density at radius 1 is 1.31 bits per heavy atom. The predicted octanol–water partition coefficient (Wildman–Crippen LogP) is -0.981. The minimum Gasteiger partial charge on any atom is -0.828 e. The third kappa shape index (κ3) is 11.7. The zero-order valence-corrected chi connectivity index (χ0v) is 9.48. The van der Waals surface area contributed by atoms with Gasteiger partial charge >= 0.3 is 20.4 Å². The van der Waals surface area contributed by atoms with Gasteiger partial charge in [-0.3, -0.25) is 0 Å². The van der Waals surface area contributed by atoms with Crippen molar-refractivity contribution < 1.29 is 35.2 Å². The number of rotatable bonds is 1. The van der Waals surface area contributed by atoms with E-state index in [0.29, 0.717) is 0 Å². The van der Waals surface area contributed by atoms with Crippen molar-refractivity contribution in [1.29, 1.82) is 0 Å². The van der Waals surface area contributed by atoms with Crippen LogP contribution in [-0.4, -0.2) is 5.97 Å². The van der Waals surface area contributed by atoms with E-state index in [-0.39, 0.29) is 29.2 Å². The smallest absolute Gasteiger partial charge is 0.828 e. The summed E-state index contributed by atoms with van der Waals surface area (Å²) in [6.07, 6.45) is 0. The summed E-state index contributed by atoms with van der Waals surface area (Å²) in [4.78, 5) is 19.0. The fourth-order valence-electron chi connectivity index (χ4n) is 0.506. The molecule has 0 amide bonds. The van der Waals surface area contributed by atoms with Gasteiger partial charge in [-0.2, -0.15) is 8.81 Å². The first kappa shape index (κ1) is 15.2. The van der Waals surface area contributed by atoms with E-state index in [0.717, 1.165) is 12.2 Å². The standard InChI is InChI=1S/C6H6OP.C2H4O2.Pd/c7-8-6-4-2-1-3-5-6;1-2(3)4;/h1-5,8H;1H3,(H,3,4);/q-1;;+2/p-1. The summed E-state index contributed by atoms with van der Waals surface area (Å²) in [5.41, 5.74) is 0. The van der Waals surface area contributed by atoms with Crippen molar-refractivity contribution in [2.24, 2.45) is 0 Å². The Hall–Kier alpha value is -0.258. The maximum atomic E-state index is 10.2. The number of benzene rings is 1. The molecule has 0 aliphatic carbocycles. The van der Waals surface area contributed by atoms with E-state index in [1.165, 1.54) is 0 Å². The van der Waals surface area contributed by atoms with Crippen LogP contribution in [0.2, 0.25) is 0 Å². The van der Waals surface area contributed by atoms with E-state index in [2.05, 4.69) is 0 Å². The summed E-state index contributed by atoms with van der Waals surface area (Å²) >= 11 is 0. The number of carbonyl (C=O) groups excluding carboxylic acids is 1. The van der Waals surface area contributed by atoms with Crippen molar-refractivity contribution in [3.8, 4) is 0 Å². The molecule has 0 heterocycles. The third-order valence-corrected chi connectivity index (χ3v) is 1.46. The quantitative estimate of drug-likeness (QED) is 0.493. The van der Waals surface area contributed by atoms with Gasteiger partial charge in [0.05, 0.1) is 0 Å². The second-order valence-corrected chi connectivity index (χ2v) is 2.74. The maximum Gasteiger partial charge on any atom is 2.00 e. The molecule has 1 rings (SSSR count). The molecule has 0 aliphatic heterocycles. The number of carboxylic acids is 1. The minimum atomic E-state index is -1.08. The van der Waals surface area contributed by atoms with Gasteiger partial charge < -0.3 is 14.8 Å². The fourth-order valence-corrected chi connectivity index (χ4v) is 0.835. The molecule has 1 atom stereocenters. The number of carboxylic acid groups (broad SMARTS) is 1. The van der Waals surface area contributed by atoms with Crippen LogP contribution in [0.1, 0.15) is 6.92 Å². The summed E-state index contributed by atoms with van der Waals surface area (Å²) in [5, 5.41) is 9.77. The molecule has 0 aliphatic rings. The summed E-state index contributed by atoms with van der Waals surface area (Å²) in [7, 11) is -0.320. The van der Waals surface area contributed by atoms with Crippen LogP contribution >= 0.6 is 8.81 Å². The molecular formula is C8H9O3PPd. The summed E-state index contributed by atoms with van der Waals surface area (Å²) in [5.74, 6) is -1.08. The molecular weight excluding hydrogens is 281 g/mol. The topological polar surface area (TPSA) is 63.2 Å². The third-order valence-electron chi connectivity index (χ3n) is 0.892. The molecule has 0 bridgehead atoms. The van der Waals surface area contributed by atoms with Crippen molar-refractivity contribution >= 4 is 20.1 Å². The van der Waals surface area contributed by atoms with Gasteiger partial charge in [-0.25, -0.2) is 0 Å². The average molecular weight is 291 g/mol. The van der Waals surface area contributed by atoms with Gasteiger partial charge in [-0.05, 0) is 12.2 Å². The van der Waals surface area contributed by atoms with Gasteiger partial charge in [0.1, 0.15) is 0 Å². The van der Waals surface area contributed by atoms with E-state index < -0.39 is 5.97 Å². The predicted molar refractivity (Wildman–Crippen MR) is 45.1 cm³/mol.